The summed E-state index contributed by atoms with van der Waals surface area (Å²) in [4.78, 5) is 11.7. The predicted molar refractivity (Wildman–Crippen MR) is 82.3 cm³/mol. The molecule has 1 rings (SSSR count). The van der Waals surface area contributed by atoms with Crippen molar-refractivity contribution in [2.45, 2.75) is 38.4 Å². The van der Waals surface area contributed by atoms with Gasteiger partial charge in [-0.05, 0) is 44.0 Å². The maximum absolute atomic E-state index is 11.8. The zero-order valence-corrected chi connectivity index (χ0v) is 12.7. The Hall–Kier alpha value is -1.56. The maximum Gasteiger partial charge on any atom is 0.224 e. The van der Waals surface area contributed by atoms with Crippen LogP contribution in [0.4, 0.5) is 11.4 Å². The smallest absolute Gasteiger partial charge is 0.224 e. The van der Waals surface area contributed by atoms with Gasteiger partial charge in [0.1, 0.15) is 0 Å². The van der Waals surface area contributed by atoms with Gasteiger partial charge < -0.3 is 11.1 Å². The molecule has 0 saturated carbocycles. The monoisotopic (exact) mass is 298 g/mol. The molecular weight excluding hydrogens is 276 g/mol. The van der Waals surface area contributed by atoms with Crippen LogP contribution in [0, 0.1) is 0 Å². The molecule has 1 amide bonds. The quantitative estimate of drug-likeness (QED) is 0.755. The van der Waals surface area contributed by atoms with Crippen LogP contribution in [0.15, 0.2) is 24.3 Å². The molecule has 3 N–H and O–H groups in total. The molecule has 0 spiro atoms. The number of anilines is 2. The highest BCUT2D eigenvalue weighted by Crippen LogP contribution is 2.12. The third-order valence-electron chi connectivity index (χ3n) is 3.22. The topological polar surface area (TPSA) is 89.3 Å². The Labute approximate surface area is 120 Å². The second-order valence-electron chi connectivity index (χ2n) is 4.86. The third kappa shape index (κ3) is 5.21. The van der Waals surface area contributed by atoms with Crippen molar-refractivity contribution in [3.8, 4) is 0 Å². The van der Waals surface area contributed by atoms with Crippen LogP contribution < -0.4 is 11.1 Å². The molecule has 0 aromatic heterocycles. The van der Waals surface area contributed by atoms with Gasteiger partial charge in [0.25, 0.3) is 0 Å². The number of rotatable bonds is 7. The van der Waals surface area contributed by atoms with Gasteiger partial charge in [-0.15, -0.1) is 0 Å². The minimum absolute atomic E-state index is 0.0527. The van der Waals surface area contributed by atoms with Crippen molar-refractivity contribution >= 4 is 27.1 Å². The van der Waals surface area contributed by atoms with E-state index in [1.165, 1.54) is 0 Å². The van der Waals surface area contributed by atoms with Gasteiger partial charge >= 0.3 is 0 Å². The van der Waals surface area contributed by atoms with Crippen molar-refractivity contribution < 1.29 is 13.2 Å². The fourth-order valence-corrected chi connectivity index (χ4v) is 3.14. The lowest BCUT2D eigenvalue weighted by Gasteiger charge is -2.10. The van der Waals surface area contributed by atoms with Crippen LogP contribution in [-0.4, -0.2) is 25.3 Å². The van der Waals surface area contributed by atoms with E-state index in [2.05, 4.69) is 5.32 Å². The lowest BCUT2D eigenvalue weighted by Crippen LogP contribution is -2.21. The van der Waals surface area contributed by atoms with Crippen LogP contribution in [-0.2, 0) is 14.6 Å². The summed E-state index contributed by atoms with van der Waals surface area (Å²) >= 11 is 0. The summed E-state index contributed by atoms with van der Waals surface area (Å²) in [6.07, 6.45) is 1.13. The zero-order chi connectivity index (χ0) is 15.2. The molecule has 1 aromatic rings. The maximum atomic E-state index is 11.8. The molecule has 112 valence electrons. The van der Waals surface area contributed by atoms with Gasteiger partial charge in [-0.25, -0.2) is 8.42 Å². The van der Waals surface area contributed by atoms with Crippen molar-refractivity contribution in [2.24, 2.45) is 0 Å². The summed E-state index contributed by atoms with van der Waals surface area (Å²) in [5.41, 5.74) is 6.84. The van der Waals surface area contributed by atoms with Crippen LogP contribution in [0.3, 0.4) is 0 Å². The van der Waals surface area contributed by atoms with E-state index in [9.17, 15) is 13.2 Å². The molecule has 6 heteroatoms. The first-order chi connectivity index (χ1) is 9.35. The normalized spacial score (nSPS) is 12.9. The minimum atomic E-state index is -3.08. The number of nitrogen functional groups attached to an aromatic ring is 1. The lowest BCUT2D eigenvalue weighted by atomic mass is 10.2. The number of carbonyl (C=O) groups excluding carboxylic acids is 1. The molecule has 0 bridgehead atoms. The molecule has 5 nitrogen and oxygen atoms in total. The van der Waals surface area contributed by atoms with E-state index >= 15 is 0 Å². The number of nitrogens with one attached hydrogen (secondary N) is 1. The number of benzene rings is 1. The Morgan fingerprint density at radius 2 is 1.90 bits per heavy atom. The van der Waals surface area contributed by atoms with Gasteiger partial charge in [0.2, 0.25) is 5.91 Å². The Morgan fingerprint density at radius 3 is 2.45 bits per heavy atom. The van der Waals surface area contributed by atoms with Crippen LogP contribution in [0.5, 0.6) is 0 Å². The summed E-state index contributed by atoms with van der Waals surface area (Å²) in [5, 5.41) is 2.36. The van der Waals surface area contributed by atoms with Gasteiger partial charge in [-0.3, -0.25) is 4.79 Å². The third-order valence-corrected chi connectivity index (χ3v) is 5.63. The lowest BCUT2D eigenvalue weighted by molar-refractivity contribution is -0.116. The molecule has 0 aliphatic carbocycles. The SMILES string of the molecule is CCC(C)S(=O)(=O)CCCC(=O)Nc1ccc(N)cc1. The fourth-order valence-electron chi connectivity index (χ4n) is 1.68. The molecule has 0 heterocycles. The van der Waals surface area contributed by atoms with Crippen LogP contribution in [0.25, 0.3) is 0 Å². The highest BCUT2D eigenvalue weighted by atomic mass is 32.2. The van der Waals surface area contributed by atoms with Crippen LogP contribution in [0.2, 0.25) is 0 Å². The number of hydrogen-bond acceptors (Lipinski definition) is 4. The van der Waals surface area contributed by atoms with E-state index in [0.717, 1.165) is 0 Å². The minimum Gasteiger partial charge on any atom is -0.399 e. The van der Waals surface area contributed by atoms with Crippen molar-refractivity contribution in [1.29, 1.82) is 0 Å². The largest absolute Gasteiger partial charge is 0.399 e. The molecular formula is C14H22N2O3S. The highest BCUT2D eigenvalue weighted by Gasteiger charge is 2.18. The molecule has 1 atom stereocenters. The molecule has 0 aliphatic rings. The molecule has 20 heavy (non-hydrogen) atoms. The first kappa shape index (κ1) is 16.5. The van der Waals surface area contributed by atoms with E-state index in [4.69, 9.17) is 5.73 Å². The predicted octanol–water partition coefficient (Wildman–Crippen LogP) is 2.20. The second kappa shape index (κ2) is 7.28. The zero-order valence-electron chi connectivity index (χ0n) is 11.9. The average Bonchev–Trinajstić information content (AvgIpc) is 2.40. The van der Waals surface area contributed by atoms with Crippen molar-refractivity contribution in [1.82, 2.24) is 0 Å². The van der Waals surface area contributed by atoms with Crippen molar-refractivity contribution in [3.63, 3.8) is 0 Å². The van der Waals surface area contributed by atoms with E-state index < -0.39 is 9.84 Å². The molecule has 0 saturated heterocycles. The number of nitrogens with two attached hydrogens (primary N) is 1. The first-order valence-electron chi connectivity index (χ1n) is 6.72. The summed E-state index contributed by atoms with van der Waals surface area (Å²) in [5.74, 6) is -0.133. The number of amides is 1. The Bertz CT molecular complexity index is 538. The number of hydrogen-bond donors (Lipinski definition) is 2. The van der Waals surface area contributed by atoms with Gasteiger partial charge in [-0.2, -0.15) is 0 Å². The van der Waals surface area contributed by atoms with Crippen LogP contribution >= 0.6 is 0 Å². The van der Waals surface area contributed by atoms with Crippen molar-refractivity contribution in [2.75, 3.05) is 16.8 Å². The average molecular weight is 298 g/mol. The molecule has 1 unspecified atom stereocenters. The number of sulfone groups is 1. The van der Waals surface area contributed by atoms with Crippen LogP contribution in [0.1, 0.15) is 33.1 Å². The van der Waals surface area contributed by atoms with E-state index in [1.807, 2.05) is 6.92 Å². The molecule has 0 aliphatic heterocycles. The summed E-state index contributed by atoms with van der Waals surface area (Å²) in [6, 6.07) is 6.82. The summed E-state index contributed by atoms with van der Waals surface area (Å²) in [6.45, 7) is 3.54. The molecule has 0 radical (unpaired) electrons. The molecule has 0 fully saturated rings. The van der Waals surface area contributed by atoms with E-state index in [0.29, 0.717) is 24.2 Å². The second-order valence-corrected chi connectivity index (χ2v) is 7.40. The highest BCUT2D eigenvalue weighted by molar-refractivity contribution is 7.91. The first-order valence-corrected chi connectivity index (χ1v) is 8.43. The van der Waals surface area contributed by atoms with E-state index in [1.54, 1.807) is 31.2 Å². The van der Waals surface area contributed by atoms with Gasteiger partial charge in [0.05, 0.1) is 11.0 Å². The standard InChI is InChI=1S/C14H22N2O3S/c1-3-11(2)20(18,19)10-4-5-14(17)16-13-8-6-12(15)7-9-13/h6-9,11H,3-5,10,15H2,1-2H3,(H,16,17). The van der Waals surface area contributed by atoms with Crippen molar-refractivity contribution in [3.05, 3.63) is 24.3 Å². The Balaban J connectivity index is 2.39. The van der Waals surface area contributed by atoms with Gasteiger partial charge in [0.15, 0.2) is 9.84 Å². The van der Waals surface area contributed by atoms with Gasteiger partial charge in [0, 0.05) is 17.8 Å². The molecule has 1 aromatic carbocycles. The Morgan fingerprint density at radius 1 is 1.30 bits per heavy atom. The summed E-state index contributed by atoms with van der Waals surface area (Å²) < 4.78 is 23.6. The number of carbonyl (C=O) groups is 1. The fraction of sp³-hybridized carbons (Fsp3) is 0.500. The van der Waals surface area contributed by atoms with E-state index in [-0.39, 0.29) is 23.3 Å². The Kier molecular flexibility index (Phi) is 6.01. The van der Waals surface area contributed by atoms with Gasteiger partial charge in [-0.1, -0.05) is 6.92 Å². The summed E-state index contributed by atoms with van der Waals surface area (Å²) in [7, 11) is -3.08.